The maximum Gasteiger partial charge on any atom is 0.247 e. The quantitative estimate of drug-likeness (QED) is 0.651. The Hall–Kier alpha value is -2.80. The smallest absolute Gasteiger partial charge is 0.247 e. The Kier molecular flexibility index (Phi) is 5.11. The zero-order valence-electron chi connectivity index (χ0n) is 15.2. The molecule has 0 spiro atoms. The highest BCUT2D eigenvalue weighted by molar-refractivity contribution is 7.99. The van der Waals surface area contributed by atoms with Crippen LogP contribution in [0.4, 0.5) is 5.69 Å². The number of ether oxygens (including phenoxy) is 2. The van der Waals surface area contributed by atoms with Crippen LogP contribution >= 0.6 is 11.8 Å². The summed E-state index contributed by atoms with van der Waals surface area (Å²) in [6, 6.07) is 15.8. The van der Waals surface area contributed by atoms with Crippen molar-refractivity contribution in [3.63, 3.8) is 0 Å². The van der Waals surface area contributed by atoms with Gasteiger partial charge in [-0.15, -0.1) is 10.2 Å². The lowest BCUT2D eigenvalue weighted by atomic mass is 10.1. The Balaban J connectivity index is 1.83. The summed E-state index contributed by atoms with van der Waals surface area (Å²) in [4.78, 5) is 4.60. The highest BCUT2D eigenvalue weighted by Gasteiger charge is 2.27. The minimum Gasteiger partial charge on any atom is -0.493 e. The van der Waals surface area contributed by atoms with E-state index in [1.165, 1.54) is 11.8 Å². The van der Waals surface area contributed by atoms with Gasteiger partial charge >= 0.3 is 0 Å². The fraction of sp³-hybridized carbons (Fsp3) is 0.250. The molecule has 7 heteroatoms. The molecule has 3 aromatic rings. The predicted octanol–water partition coefficient (Wildman–Crippen LogP) is 4.55. The zero-order chi connectivity index (χ0) is 18.6. The Bertz CT molecular complexity index is 951. The van der Waals surface area contributed by atoms with E-state index >= 15 is 0 Å². The second-order valence-corrected chi connectivity index (χ2v) is 7.07. The predicted molar refractivity (Wildman–Crippen MR) is 106 cm³/mol. The number of hydrogen-bond donors (Lipinski definition) is 1. The number of anilines is 1. The summed E-state index contributed by atoms with van der Waals surface area (Å²) in [5.74, 6) is 2.12. The Morgan fingerprint density at radius 1 is 1.07 bits per heavy atom. The van der Waals surface area contributed by atoms with Crippen LogP contribution in [0.1, 0.15) is 25.6 Å². The molecule has 2 aromatic carbocycles. The third kappa shape index (κ3) is 3.55. The van der Waals surface area contributed by atoms with Gasteiger partial charge in [-0.3, -0.25) is 0 Å². The van der Waals surface area contributed by atoms with Gasteiger partial charge in [-0.25, -0.2) is 0 Å². The van der Waals surface area contributed by atoms with E-state index in [0.29, 0.717) is 23.3 Å². The van der Waals surface area contributed by atoms with Crippen LogP contribution in [-0.4, -0.2) is 27.5 Å². The van der Waals surface area contributed by atoms with Crippen molar-refractivity contribution in [1.82, 2.24) is 15.2 Å². The molecule has 4 rings (SSSR count). The maximum atomic E-state index is 6.28. The fourth-order valence-electron chi connectivity index (χ4n) is 2.96. The molecule has 2 heterocycles. The van der Waals surface area contributed by atoms with E-state index in [2.05, 4.69) is 27.4 Å². The number of thioether (sulfide) groups is 1. The van der Waals surface area contributed by atoms with E-state index in [0.717, 1.165) is 28.3 Å². The largest absolute Gasteiger partial charge is 0.493 e. The van der Waals surface area contributed by atoms with Crippen molar-refractivity contribution >= 4 is 17.4 Å². The fourth-order valence-corrected chi connectivity index (χ4v) is 3.47. The van der Waals surface area contributed by atoms with Gasteiger partial charge in [0.15, 0.2) is 5.69 Å². The highest BCUT2D eigenvalue weighted by atomic mass is 32.2. The third-order valence-corrected chi connectivity index (χ3v) is 4.83. The zero-order valence-corrected chi connectivity index (χ0v) is 16.0. The number of rotatable bonds is 5. The van der Waals surface area contributed by atoms with E-state index in [9.17, 15) is 0 Å². The minimum absolute atomic E-state index is 0.452. The number of aromatic nitrogens is 3. The summed E-state index contributed by atoms with van der Waals surface area (Å²) in [7, 11) is 0. The molecule has 1 aliphatic rings. The third-order valence-electron chi connectivity index (χ3n) is 4.11. The Labute approximate surface area is 162 Å². The second kappa shape index (κ2) is 7.84. The highest BCUT2D eigenvalue weighted by Crippen LogP contribution is 2.40. The first kappa shape index (κ1) is 17.6. The molecule has 1 atom stereocenters. The van der Waals surface area contributed by atoms with Gasteiger partial charge < -0.3 is 14.8 Å². The van der Waals surface area contributed by atoms with Crippen LogP contribution in [-0.2, 0) is 0 Å². The summed E-state index contributed by atoms with van der Waals surface area (Å²) in [6.45, 7) is 4.60. The molecule has 1 aromatic heterocycles. The molecule has 1 N–H and O–H groups in total. The van der Waals surface area contributed by atoms with Crippen molar-refractivity contribution in [1.29, 1.82) is 0 Å². The maximum absolute atomic E-state index is 6.28. The Morgan fingerprint density at radius 2 is 1.89 bits per heavy atom. The molecule has 0 bridgehead atoms. The summed E-state index contributed by atoms with van der Waals surface area (Å²) >= 11 is 1.53. The van der Waals surface area contributed by atoms with Crippen LogP contribution in [0, 0.1) is 0 Å². The van der Waals surface area contributed by atoms with E-state index in [4.69, 9.17) is 9.47 Å². The SMILES string of the molecule is CCOc1ccccc1C1Nc2ccccc2-c2nnc(SCC)nc2O1. The number of nitrogens with one attached hydrogen (secondary N) is 1. The lowest BCUT2D eigenvalue weighted by Gasteiger charge is -2.21. The van der Waals surface area contributed by atoms with Crippen LogP contribution in [0.15, 0.2) is 53.7 Å². The van der Waals surface area contributed by atoms with Crippen LogP contribution in [0.25, 0.3) is 11.3 Å². The van der Waals surface area contributed by atoms with Crippen LogP contribution in [0.2, 0.25) is 0 Å². The molecular formula is C20H20N4O2S. The number of hydrogen-bond acceptors (Lipinski definition) is 7. The molecule has 1 unspecified atom stereocenters. The van der Waals surface area contributed by atoms with Crippen molar-refractivity contribution in [2.75, 3.05) is 17.7 Å². The van der Waals surface area contributed by atoms with Crippen molar-refractivity contribution in [3.05, 3.63) is 54.1 Å². The van der Waals surface area contributed by atoms with Crippen LogP contribution < -0.4 is 14.8 Å². The van der Waals surface area contributed by atoms with Crippen molar-refractivity contribution in [3.8, 4) is 22.9 Å². The number of benzene rings is 2. The summed E-state index contributed by atoms with van der Waals surface area (Å²) in [5.41, 5.74) is 3.37. The van der Waals surface area contributed by atoms with Gasteiger partial charge in [0.05, 0.1) is 12.2 Å². The molecule has 0 saturated carbocycles. The van der Waals surface area contributed by atoms with Gasteiger partial charge in [0.1, 0.15) is 5.75 Å². The molecule has 0 fully saturated rings. The molecule has 0 amide bonds. The number of fused-ring (bicyclic) bond motifs is 3. The van der Waals surface area contributed by atoms with Crippen molar-refractivity contribution in [2.24, 2.45) is 0 Å². The van der Waals surface area contributed by atoms with Gasteiger partial charge in [0, 0.05) is 11.3 Å². The summed E-state index contributed by atoms with van der Waals surface area (Å²) < 4.78 is 12.1. The second-order valence-electron chi connectivity index (χ2n) is 5.84. The first-order valence-corrected chi connectivity index (χ1v) is 9.90. The first-order chi connectivity index (χ1) is 13.3. The van der Waals surface area contributed by atoms with Crippen molar-refractivity contribution in [2.45, 2.75) is 25.2 Å². The van der Waals surface area contributed by atoms with Gasteiger partial charge in [0.2, 0.25) is 17.3 Å². The molecule has 1 aliphatic heterocycles. The standard InChI is InChI=1S/C20H20N4O2S/c1-3-25-16-12-8-6-10-14(16)18-21-15-11-7-5-9-13(15)17-19(26-18)22-20(24-23-17)27-4-2/h5-12,18,21H,3-4H2,1-2H3. The lowest BCUT2D eigenvalue weighted by molar-refractivity contribution is 0.217. The molecule has 0 radical (unpaired) electrons. The van der Waals surface area contributed by atoms with E-state index < -0.39 is 6.23 Å². The molecular weight excluding hydrogens is 360 g/mol. The van der Waals surface area contributed by atoms with Crippen LogP contribution in [0.3, 0.4) is 0 Å². The van der Waals surface area contributed by atoms with Gasteiger partial charge in [0.25, 0.3) is 0 Å². The topological polar surface area (TPSA) is 69.2 Å². The van der Waals surface area contributed by atoms with E-state index in [-0.39, 0.29) is 0 Å². The molecule has 6 nitrogen and oxygen atoms in total. The average molecular weight is 380 g/mol. The first-order valence-electron chi connectivity index (χ1n) is 8.92. The summed E-state index contributed by atoms with van der Waals surface area (Å²) in [5, 5.41) is 12.7. The minimum atomic E-state index is -0.452. The normalized spacial score (nSPS) is 15.0. The molecule has 0 saturated heterocycles. The van der Waals surface area contributed by atoms with Crippen LogP contribution in [0.5, 0.6) is 11.6 Å². The van der Waals surface area contributed by atoms with Gasteiger partial charge in [-0.05, 0) is 30.9 Å². The average Bonchev–Trinajstić information content (AvgIpc) is 2.85. The molecule has 27 heavy (non-hydrogen) atoms. The Morgan fingerprint density at radius 3 is 2.74 bits per heavy atom. The summed E-state index contributed by atoms with van der Waals surface area (Å²) in [6.07, 6.45) is -0.452. The monoisotopic (exact) mass is 380 g/mol. The van der Waals surface area contributed by atoms with Crippen molar-refractivity contribution < 1.29 is 9.47 Å². The lowest BCUT2D eigenvalue weighted by Crippen LogP contribution is -2.18. The van der Waals surface area contributed by atoms with Gasteiger partial charge in [-0.2, -0.15) is 4.98 Å². The van der Waals surface area contributed by atoms with E-state index in [1.807, 2.05) is 55.5 Å². The number of nitrogens with zero attached hydrogens (tertiary/aromatic N) is 3. The van der Waals surface area contributed by atoms with E-state index in [1.54, 1.807) is 0 Å². The molecule has 138 valence electrons. The molecule has 0 aliphatic carbocycles. The van der Waals surface area contributed by atoms with Gasteiger partial charge in [-0.1, -0.05) is 49.0 Å². The number of para-hydroxylation sites is 2.